The van der Waals surface area contributed by atoms with E-state index in [0.29, 0.717) is 5.92 Å². The summed E-state index contributed by atoms with van der Waals surface area (Å²) >= 11 is 0. The fourth-order valence-corrected chi connectivity index (χ4v) is 2.37. The fourth-order valence-electron chi connectivity index (χ4n) is 2.37. The summed E-state index contributed by atoms with van der Waals surface area (Å²) in [5.41, 5.74) is 2.00. The molecule has 1 aromatic carbocycles. The minimum absolute atomic E-state index is 0.120. The van der Waals surface area contributed by atoms with Crippen LogP contribution in [-0.2, 0) is 4.79 Å². The van der Waals surface area contributed by atoms with Crippen molar-refractivity contribution in [2.24, 2.45) is 5.92 Å². The maximum Gasteiger partial charge on any atom is 0.248 e. The van der Waals surface area contributed by atoms with Gasteiger partial charge in [-0.1, -0.05) is 19.9 Å². The van der Waals surface area contributed by atoms with Gasteiger partial charge in [-0.15, -0.1) is 0 Å². The lowest BCUT2D eigenvalue weighted by atomic mass is 10.1. The molecule has 1 aliphatic rings. The monoisotopic (exact) mass is 248 g/mol. The SMILES string of the molecule is CNC1C(=O)N(CC(C)C)c2cc(OC)ccc21. The first-order chi connectivity index (χ1) is 8.58. The third kappa shape index (κ3) is 2.08. The third-order valence-electron chi connectivity index (χ3n) is 3.19. The highest BCUT2D eigenvalue weighted by molar-refractivity contribution is 6.04. The molecule has 0 bridgehead atoms. The molecule has 1 aliphatic heterocycles. The zero-order valence-corrected chi connectivity index (χ0v) is 11.4. The average Bonchev–Trinajstić information content (AvgIpc) is 2.61. The zero-order valence-electron chi connectivity index (χ0n) is 11.4. The summed E-state index contributed by atoms with van der Waals surface area (Å²) in [4.78, 5) is 14.2. The Bertz CT molecular complexity index is 457. The largest absolute Gasteiger partial charge is 0.497 e. The number of rotatable bonds is 4. The van der Waals surface area contributed by atoms with Crippen LogP contribution in [0.3, 0.4) is 0 Å². The van der Waals surface area contributed by atoms with Crippen LogP contribution in [-0.4, -0.2) is 26.6 Å². The van der Waals surface area contributed by atoms with E-state index in [0.717, 1.165) is 23.5 Å². The zero-order chi connectivity index (χ0) is 13.3. The van der Waals surface area contributed by atoms with Crippen molar-refractivity contribution in [3.05, 3.63) is 23.8 Å². The number of nitrogens with one attached hydrogen (secondary N) is 1. The summed E-state index contributed by atoms with van der Waals surface area (Å²) in [5.74, 6) is 1.34. The number of ether oxygens (including phenoxy) is 1. The van der Waals surface area contributed by atoms with Crippen LogP contribution in [0.15, 0.2) is 18.2 Å². The highest BCUT2D eigenvalue weighted by Crippen LogP contribution is 2.38. The van der Waals surface area contributed by atoms with E-state index in [1.807, 2.05) is 30.1 Å². The Morgan fingerprint density at radius 1 is 1.44 bits per heavy atom. The molecule has 0 spiro atoms. The van der Waals surface area contributed by atoms with Crippen molar-refractivity contribution in [2.75, 3.05) is 25.6 Å². The Morgan fingerprint density at radius 2 is 2.17 bits per heavy atom. The first-order valence-electron chi connectivity index (χ1n) is 6.25. The Balaban J connectivity index is 2.43. The van der Waals surface area contributed by atoms with Gasteiger partial charge in [-0.3, -0.25) is 4.79 Å². The topological polar surface area (TPSA) is 41.6 Å². The lowest BCUT2D eigenvalue weighted by Crippen LogP contribution is -2.35. The molecule has 0 saturated heterocycles. The summed E-state index contributed by atoms with van der Waals surface area (Å²) in [7, 11) is 3.45. The first kappa shape index (κ1) is 12.9. The Kier molecular flexibility index (Phi) is 3.57. The number of hydrogen-bond acceptors (Lipinski definition) is 3. The average molecular weight is 248 g/mol. The number of amides is 1. The minimum Gasteiger partial charge on any atom is -0.497 e. The van der Waals surface area contributed by atoms with Crippen molar-refractivity contribution in [1.82, 2.24) is 5.32 Å². The van der Waals surface area contributed by atoms with Gasteiger partial charge < -0.3 is 15.0 Å². The summed E-state index contributed by atoms with van der Waals surface area (Å²) in [6, 6.07) is 5.57. The molecule has 98 valence electrons. The van der Waals surface area contributed by atoms with Gasteiger partial charge in [0.05, 0.1) is 12.8 Å². The molecule has 0 aliphatic carbocycles. The molecule has 1 atom stereocenters. The number of likely N-dealkylation sites (N-methyl/N-ethyl adjacent to an activating group) is 1. The van der Waals surface area contributed by atoms with E-state index in [2.05, 4.69) is 19.2 Å². The summed E-state index contributed by atoms with van der Waals surface area (Å²) in [6.45, 7) is 4.96. The van der Waals surface area contributed by atoms with Crippen molar-refractivity contribution in [3.63, 3.8) is 0 Å². The quantitative estimate of drug-likeness (QED) is 0.885. The van der Waals surface area contributed by atoms with Crippen LogP contribution in [0.1, 0.15) is 25.5 Å². The molecular weight excluding hydrogens is 228 g/mol. The number of benzene rings is 1. The summed E-state index contributed by atoms with van der Waals surface area (Å²) in [5, 5.41) is 3.08. The summed E-state index contributed by atoms with van der Waals surface area (Å²) in [6.07, 6.45) is 0. The number of carbonyl (C=O) groups excluding carboxylic acids is 1. The number of nitrogens with zero attached hydrogens (tertiary/aromatic N) is 1. The van der Waals surface area contributed by atoms with E-state index >= 15 is 0 Å². The number of hydrogen-bond donors (Lipinski definition) is 1. The van der Waals surface area contributed by atoms with E-state index < -0.39 is 0 Å². The van der Waals surface area contributed by atoms with E-state index in [-0.39, 0.29) is 11.9 Å². The molecule has 2 rings (SSSR count). The van der Waals surface area contributed by atoms with Gasteiger partial charge >= 0.3 is 0 Å². The molecule has 0 saturated carbocycles. The maximum atomic E-state index is 12.4. The molecule has 1 unspecified atom stereocenters. The van der Waals surface area contributed by atoms with Crippen LogP contribution in [0, 0.1) is 5.92 Å². The van der Waals surface area contributed by atoms with Crippen molar-refractivity contribution < 1.29 is 9.53 Å². The van der Waals surface area contributed by atoms with Crippen molar-refractivity contribution in [3.8, 4) is 5.75 Å². The molecule has 0 aromatic heterocycles. The highest BCUT2D eigenvalue weighted by atomic mass is 16.5. The Morgan fingerprint density at radius 3 is 2.72 bits per heavy atom. The molecule has 18 heavy (non-hydrogen) atoms. The number of methoxy groups -OCH3 is 1. The molecule has 4 nitrogen and oxygen atoms in total. The minimum atomic E-state index is -0.232. The number of anilines is 1. The van der Waals surface area contributed by atoms with E-state index in [1.165, 1.54) is 0 Å². The van der Waals surface area contributed by atoms with Crippen molar-refractivity contribution in [2.45, 2.75) is 19.9 Å². The van der Waals surface area contributed by atoms with Crippen molar-refractivity contribution in [1.29, 1.82) is 0 Å². The predicted octanol–water partition coefficient (Wildman–Crippen LogP) is 1.96. The van der Waals surface area contributed by atoms with Gasteiger partial charge in [-0.2, -0.15) is 0 Å². The van der Waals surface area contributed by atoms with Gasteiger partial charge in [-0.05, 0) is 19.0 Å². The second kappa shape index (κ2) is 4.98. The highest BCUT2D eigenvalue weighted by Gasteiger charge is 2.36. The first-order valence-corrected chi connectivity index (χ1v) is 6.25. The predicted molar refractivity (Wildman–Crippen MR) is 72.0 cm³/mol. The van der Waals surface area contributed by atoms with E-state index in [1.54, 1.807) is 7.11 Å². The molecule has 1 heterocycles. The standard InChI is InChI=1S/C14H20N2O2/c1-9(2)8-16-12-7-10(18-4)5-6-11(12)13(15-3)14(16)17/h5-7,9,13,15H,8H2,1-4H3. The van der Waals surface area contributed by atoms with Crippen LogP contribution in [0.4, 0.5) is 5.69 Å². The smallest absolute Gasteiger partial charge is 0.248 e. The second-order valence-electron chi connectivity index (χ2n) is 4.99. The second-order valence-corrected chi connectivity index (χ2v) is 4.99. The van der Waals surface area contributed by atoms with Gasteiger partial charge in [0.2, 0.25) is 5.91 Å². The van der Waals surface area contributed by atoms with Crippen LogP contribution < -0.4 is 15.0 Å². The van der Waals surface area contributed by atoms with Crippen LogP contribution in [0.5, 0.6) is 5.75 Å². The fraction of sp³-hybridized carbons (Fsp3) is 0.500. The van der Waals surface area contributed by atoms with Gasteiger partial charge in [0.25, 0.3) is 0 Å². The van der Waals surface area contributed by atoms with Gasteiger partial charge in [0.15, 0.2) is 0 Å². The van der Waals surface area contributed by atoms with Gasteiger partial charge in [0.1, 0.15) is 11.8 Å². The lowest BCUT2D eigenvalue weighted by molar-refractivity contribution is -0.119. The lowest BCUT2D eigenvalue weighted by Gasteiger charge is -2.20. The van der Waals surface area contributed by atoms with E-state index in [4.69, 9.17) is 4.74 Å². The van der Waals surface area contributed by atoms with Crippen LogP contribution in [0.2, 0.25) is 0 Å². The maximum absolute atomic E-state index is 12.4. The number of carbonyl (C=O) groups is 1. The van der Waals surface area contributed by atoms with Crippen LogP contribution >= 0.6 is 0 Å². The molecule has 4 heteroatoms. The summed E-state index contributed by atoms with van der Waals surface area (Å²) < 4.78 is 5.24. The molecule has 1 amide bonds. The molecule has 0 radical (unpaired) electrons. The Hall–Kier alpha value is -1.55. The number of fused-ring (bicyclic) bond motifs is 1. The van der Waals surface area contributed by atoms with Gasteiger partial charge in [0, 0.05) is 18.2 Å². The molecule has 1 aromatic rings. The third-order valence-corrected chi connectivity index (χ3v) is 3.19. The van der Waals surface area contributed by atoms with Crippen LogP contribution in [0.25, 0.3) is 0 Å². The normalized spacial score (nSPS) is 18.4. The molecular formula is C14H20N2O2. The Labute approximate surface area is 108 Å². The molecule has 0 fully saturated rings. The van der Waals surface area contributed by atoms with Gasteiger partial charge in [-0.25, -0.2) is 0 Å². The molecule has 1 N–H and O–H groups in total. The van der Waals surface area contributed by atoms with Crippen molar-refractivity contribution >= 4 is 11.6 Å². The van der Waals surface area contributed by atoms with E-state index in [9.17, 15) is 4.79 Å².